The van der Waals surface area contributed by atoms with Crippen molar-refractivity contribution >= 4 is 32.5 Å². The van der Waals surface area contributed by atoms with Gasteiger partial charge in [-0.3, -0.25) is 0 Å². The van der Waals surface area contributed by atoms with Crippen LogP contribution in [0.1, 0.15) is 29.5 Å². The van der Waals surface area contributed by atoms with E-state index in [-0.39, 0.29) is 22.5 Å². The van der Waals surface area contributed by atoms with Crippen LogP contribution >= 0.6 is 11.3 Å². The Kier molecular flexibility index (Phi) is 5.81. The lowest BCUT2D eigenvalue weighted by molar-refractivity contribution is 0.381. The Bertz CT molecular complexity index is 1500. The number of thiazole rings is 1. The summed E-state index contributed by atoms with van der Waals surface area (Å²) < 4.78 is 43.9. The Morgan fingerprint density at radius 1 is 1.21 bits per heavy atom. The summed E-state index contributed by atoms with van der Waals surface area (Å²) in [4.78, 5) is 4.20. The average molecular weight is 481 g/mol. The molecule has 1 aliphatic carbocycles. The summed E-state index contributed by atoms with van der Waals surface area (Å²) in [7, 11) is 0. The number of allylic oxidation sites excluding steroid dienone is 5. The largest absolute Gasteiger partial charge is 0.511 e. The molecule has 4 aromatic rings. The van der Waals surface area contributed by atoms with E-state index < -0.39 is 17.5 Å². The van der Waals surface area contributed by atoms with Crippen molar-refractivity contribution in [1.82, 2.24) is 9.55 Å². The number of aromatic nitrogens is 2. The van der Waals surface area contributed by atoms with Crippen molar-refractivity contribution in [3.8, 4) is 0 Å². The monoisotopic (exact) mass is 480 g/mol. The van der Waals surface area contributed by atoms with Gasteiger partial charge in [0.1, 0.15) is 17.1 Å². The lowest BCUT2D eigenvalue weighted by Gasteiger charge is -2.12. The third-order valence-electron chi connectivity index (χ3n) is 6.08. The van der Waals surface area contributed by atoms with E-state index in [0.717, 1.165) is 46.2 Å². The Hall–Kier alpha value is -3.32. The Labute approximate surface area is 199 Å². The molecule has 5 rings (SSSR count). The zero-order chi connectivity index (χ0) is 24.0. The molecule has 0 saturated carbocycles. The van der Waals surface area contributed by atoms with Crippen LogP contribution in [0.4, 0.5) is 13.2 Å². The van der Waals surface area contributed by atoms with Gasteiger partial charge in [-0.1, -0.05) is 37.8 Å². The van der Waals surface area contributed by atoms with Crippen LogP contribution in [0.2, 0.25) is 0 Å². The molecule has 3 nitrogen and oxygen atoms in total. The van der Waals surface area contributed by atoms with Gasteiger partial charge in [0.25, 0.3) is 0 Å². The molecule has 2 heterocycles. The van der Waals surface area contributed by atoms with Crippen molar-refractivity contribution in [1.29, 1.82) is 0 Å². The molecule has 0 amide bonds. The van der Waals surface area contributed by atoms with E-state index in [4.69, 9.17) is 0 Å². The lowest BCUT2D eigenvalue weighted by atomic mass is 9.94. The van der Waals surface area contributed by atoms with Crippen LogP contribution in [-0.4, -0.2) is 14.7 Å². The van der Waals surface area contributed by atoms with E-state index >= 15 is 0 Å². The predicted molar refractivity (Wildman–Crippen MR) is 131 cm³/mol. The first kappa shape index (κ1) is 22.5. The summed E-state index contributed by atoms with van der Waals surface area (Å²) in [5.74, 6) is -2.62. The minimum atomic E-state index is -1.25. The zero-order valence-corrected chi connectivity index (χ0v) is 19.4. The van der Waals surface area contributed by atoms with Gasteiger partial charge in [0.15, 0.2) is 11.6 Å². The molecule has 1 aliphatic rings. The van der Waals surface area contributed by atoms with Crippen LogP contribution in [0.25, 0.3) is 21.1 Å². The Balaban J connectivity index is 1.54. The number of aliphatic hydroxyl groups excluding tert-OH is 1. The maximum Gasteiger partial charge on any atom is 0.186 e. The quantitative estimate of drug-likeness (QED) is 0.231. The van der Waals surface area contributed by atoms with E-state index in [1.165, 1.54) is 5.57 Å². The molecular weight excluding hydrogens is 457 g/mol. The van der Waals surface area contributed by atoms with Crippen molar-refractivity contribution < 1.29 is 18.3 Å². The standard InChI is InChI=1S/C27H23F3N2OS/c1-15-3-5-17(6-4-15)9-18-7-8-23-20(10-18)19(14-32(23)13-16(2)33)11-24-31-26-25(30)21(28)12-22(29)27(26)34-24/h3,5-8,10,12,14-15,33H,2,4,9,11,13H2,1H3. The highest BCUT2D eigenvalue weighted by atomic mass is 32.1. The number of fused-ring (bicyclic) bond motifs is 2. The topological polar surface area (TPSA) is 38.0 Å². The number of hydrogen-bond acceptors (Lipinski definition) is 3. The van der Waals surface area contributed by atoms with Crippen LogP contribution in [0.5, 0.6) is 0 Å². The molecular formula is C27H23F3N2OS. The summed E-state index contributed by atoms with van der Waals surface area (Å²) in [5.41, 5.74) is 3.95. The molecule has 0 saturated heterocycles. The molecule has 7 heteroatoms. The fraction of sp³-hybridized carbons (Fsp3) is 0.222. The summed E-state index contributed by atoms with van der Waals surface area (Å²) in [6, 6.07) is 6.75. The third-order valence-corrected chi connectivity index (χ3v) is 7.14. The van der Waals surface area contributed by atoms with E-state index in [9.17, 15) is 18.3 Å². The highest BCUT2D eigenvalue weighted by Gasteiger charge is 2.19. The average Bonchev–Trinajstić information content (AvgIpc) is 3.36. The lowest BCUT2D eigenvalue weighted by Crippen LogP contribution is -1.99. The van der Waals surface area contributed by atoms with E-state index in [1.54, 1.807) is 0 Å². The first-order valence-electron chi connectivity index (χ1n) is 11.1. The van der Waals surface area contributed by atoms with E-state index in [2.05, 4.69) is 48.8 Å². The second kappa shape index (κ2) is 8.80. The maximum atomic E-state index is 14.2. The molecule has 2 aromatic heterocycles. The first-order valence-corrected chi connectivity index (χ1v) is 11.9. The number of hydrogen-bond donors (Lipinski definition) is 1. The molecule has 34 heavy (non-hydrogen) atoms. The fourth-order valence-corrected chi connectivity index (χ4v) is 5.39. The minimum absolute atomic E-state index is 0.00677. The number of halogens is 3. The van der Waals surface area contributed by atoms with Gasteiger partial charge < -0.3 is 9.67 Å². The SMILES string of the molecule is C=C(O)Cn1cc(Cc2nc3c(F)c(F)cc(F)c3s2)c2cc(CC3=CCC(C)C=C3)ccc21. The summed E-state index contributed by atoms with van der Waals surface area (Å²) in [6.07, 6.45) is 10.7. The van der Waals surface area contributed by atoms with Gasteiger partial charge in [0, 0.05) is 29.6 Å². The number of nitrogens with zero attached hydrogens (tertiary/aromatic N) is 2. The molecule has 0 fully saturated rings. The van der Waals surface area contributed by atoms with Crippen molar-refractivity contribution in [2.45, 2.75) is 32.7 Å². The normalized spacial score (nSPS) is 15.9. The van der Waals surface area contributed by atoms with Crippen LogP contribution < -0.4 is 0 Å². The van der Waals surface area contributed by atoms with Crippen molar-refractivity contribution in [2.24, 2.45) is 5.92 Å². The van der Waals surface area contributed by atoms with Gasteiger partial charge in [0.2, 0.25) is 0 Å². The zero-order valence-electron chi connectivity index (χ0n) is 18.6. The van der Waals surface area contributed by atoms with Crippen LogP contribution in [0, 0.1) is 23.4 Å². The molecule has 0 bridgehead atoms. The van der Waals surface area contributed by atoms with Gasteiger partial charge >= 0.3 is 0 Å². The molecule has 0 spiro atoms. The van der Waals surface area contributed by atoms with Gasteiger partial charge in [-0.15, -0.1) is 11.3 Å². The van der Waals surface area contributed by atoms with Gasteiger partial charge in [-0.2, -0.15) is 0 Å². The van der Waals surface area contributed by atoms with Gasteiger partial charge in [0.05, 0.1) is 16.3 Å². The molecule has 0 aliphatic heterocycles. The summed E-state index contributed by atoms with van der Waals surface area (Å²) in [5, 5.41) is 11.2. The van der Waals surface area contributed by atoms with Gasteiger partial charge in [-0.05, 0) is 47.6 Å². The van der Waals surface area contributed by atoms with Crippen LogP contribution in [0.3, 0.4) is 0 Å². The maximum absolute atomic E-state index is 14.2. The Morgan fingerprint density at radius 3 is 2.76 bits per heavy atom. The Morgan fingerprint density at radius 2 is 2.03 bits per heavy atom. The number of aliphatic hydroxyl groups is 1. The molecule has 0 radical (unpaired) electrons. The fourth-order valence-electron chi connectivity index (χ4n) is 4.40. The van der Waals surface area contributed by atoms with Crippen molar-refractivity contribution in [3.05, 3.63) is 100 Å². The molecule has 2 aromatic carbocycles. The molecule has 1 atom stereocenters. The molecule has 174 valence electrons. The van der Waals surface area contributed by atoms with Gasteiger partial charge in [-0.25, -0.2) is 18.2 Å². The smallest absolute Gasteiger partial charge is 0.186 e. The molecule has 1 unspecified atom stereocenters. The number of benzene rings is 2. The summed E-state index contributed by atoms with van der Waals surface area (Å²) >= 11 is 1.02. The second-order valence-corrected chi connectivity index (χ2v) is 9.93. The predicted octanol–water partition coefficient (Wildman–Crippen LogP) is 7.40. The first-order chi connectivity index (χ1) is 16.3. The van der Waals surface area contributed by atoms with Crippen LogP contribution in [0.15, 0.2) is 66.6 Å². The van der Waals surface area contributed by atoms with E-state index in [1.807, 2.05) is 16.8 Å². The molecule has 1 N–H and O–H groups in total. The number of rotatable bonds is 6. The van der Waals surface area contributed by atoms with Crippen LogP contribution in [-0.2, 0) is 19.4 Å². The summed E-state index contributed by atoms with van der Waals surface area (Å²) in [6.45, 7) is 6.02. The van der Waals surface area contributed by atoms with Crippen molar-refractivity contribution in [3.63, 3.8) is 0 Å². The second-order valence-electron chi connectivity index (χ2n) is 8.84. The minimum Gasteiger partial charge on any atom is -0.511 e. The highest BCUT2D eigenvalue weighted by molar-refractivity contribution is 7.18. The third kappa shape index (κ3) is 4.28. The van der Waals surface area contributed by atoms with Crippen molar-refractivity contribution in [2.75, 3.05) is 0 Å². The van der Waals surface area contributed by atoms with E-state index in [0.29, 0.717) is 23.4 Å². The highest BCUT2D eigenvalue weighted by Crippen LogP contribution is 2.32.